The molecule has 1 fully saturated rings. The zero-order valence-electron chi connectivity index (χ0n) is 17.7. The second-order valence-corrected chi connectivity index (χ2v) is 14.3. The number of carbonyl (C=O) groups is 1. The van der Waals surface area contributed by atoms with Gasteiger partial charge in [-0.25, -0.2) is 4.79 Å². The summed E-state index contributed by atoms with van der Waals surface area (Å²) >= 11 is 0. The maximum atomic E-state index is 12.8. The third-order valence-electron chi connectivity index (χ3n) is 6.70. The van der Waals surface area contributed by atoms with E-state index in [1.165, 1.54) is 6.42 Å². The van der Waals surface area contributed by atoms with Crippen LogP contribution in [-0.2, 0) is 10.3 Å². The van der Waals surface area contributed by atoms with Crippen LogP contribution < -0.4 is 9.16 Å². The fourth-order valence-electron chi connectivity index (χ4n) is 4.05. The largest absolute Gasteiger partial charge is 0.543 e. The fourth-order valence-corrected chi connectivity index (χ4v) is 5.07. The van der Waals surface area contributed by atoms with Gasteiger partial charge < -0.3 is 18.3 Å². The van der Waals surface area contributed by atoms with Crippen molar-refractivity contribution in [2.24, 2.45) is 0 Å². The van der Waals surface area contributed by atoms with Crippen molar-refractivity contribution in [2.45, 2.75) is 76.6 Å². The van der Waals surface area contributed by atoms with E-state index in [0.29, 0.717) is 22.7 Å². The number of hydrogen-bond acceptors (Lipinski definition) is 5. The summed E-state index contributed by atoms with van der Waals surface area (Å²) in [7, 11) is -0.414. The molecule has 2 heterocycles. The molecule has 2 aromatic rings. The van der Waals surface area contributed by atoms with Gasteiger partial charge in [0.05, 0.1) is 7.11 Å². The Kier molecular flexibility index (Phi) is 4.34. The summed E-state index contributed by atoms with van der Waals surface area (Å²) < 4.78 is 24.2. The van der Waals surface area contributed by atoms with Gasteiger partial charge in [0.25, 0.3) is 0 Å². The third-order valence-corrected chi connectivity index (χ3v) is 11.1. The van der Waals surface area contributed by atoms with E-state index in [0.717, 1.165) is 36.8 Å². The molecule has 0 unspecified atom stereocenters. The molecule has 0 atom stereocenters. The first kappa shape index (κ1) is 19.4. The van der Waals surface area contributed by atoms with Crippen LogP contribution in [-0.4, -0.2) is 21.4 Å². The number of furan rings is 1. The predicted molar refractivity (Wildman–Crippen MR) is 111 cm³/mol. The monoisotopic (exact) mass is 402 g/mol. The lowest BCUT2D eigenvalue weighted by molar-refractivity contribution is -0.0376. The van der Waals surface area contributed by atoms with Gasteiger partial charge in [-0.2, -0.15) is 0 Å². The highest BCUT2D eigenvalue weighted by molar-refractivity contribution is 6.74. The maximum absolute atomic E-state index is 12.8. The van der Waals surface area contributed by atoms with E-state index in [2.05, 4.69) is 33.9 Å². The van der Waals surface area contributed by atoms with Gasteiger partial charge in [0.15, 0.2) is 22.7 Å². The second kappa shape index (κ2) is 6.27. The molecule has 1 saturated carbocycles. The Morgan fingerprint density at radius 2 is 1.79 bits per heavy atom. The molecule has 1 aromatic heterocycles. The van der Waals surface area contributed by atoms with Crippen LogP contribution in [0.4, 0.5) is 0 Å². The Morgan fingerprint density at radius 1 is 1.11 bits per heavy atom. The number of ether oxygens (including phenoxy) is 2. The Hall–Kier alpha value is -1.95. The van der Waals surface area contributed by atoms with E-state index in [9.17, 15) is 4.79 Å². The van der Waals surface area contributed by atoms with Crippen molar-refractivity contribution >= 4 is 25.3 Å². The van der Waals surface area contributed by atoms with Crippen LogP contribution in [0.1, 0.15) is 69.0 Å². The summed E-state index contributed by atoms with van der Waals surface area (Å²) in [5.74, 6) is 1.70. The van der Waals surface area contributed by atoms with Crippen molar-refractivity contribution in [2.75, 3.05) is 7.11 Å². The molecule has 4 rings (SSSR count). The minimum absolute atomic E-state index is 0.0681. The number of esters is 1. The van der Waals surface area contributed by atoms with Gasteiger partial charge in [0.1, 0.15) is 11.3 Å². The zero-order valence-corrected chi connectivity index (χ0v) is 18.7. The number of carbonyl (C=O) groups excluding carboxylic acids is 1. The van der Waals surface area contributed by atoms with Crippen molar-refractivity contribution in [1.29, 1.82) is 0 Å². The highest BCUT2D eigenvalue weighted by Gasteiger charge is 2.51. The minimum atomic E-state index is -2.03. The summed E-state index contributed by atoms with van der Waals surface area (Å²) in [5, 5.41) is 0.800. The summed E-state index contributed by atoms with van der Waals surface area (Å²) in [6.07, 6.45) is 4.90. The fraction of sp³-hybridized carbons (Fsp3) is 0.591. The molecule has 0 amide bonds. The van der Waals surface area contributed by atoms with E-state index in [1.807, 2.05) is 12.1 Å². The SMILES string of the molecule is COc1cc(O[Si](C)(C)C(C)(C)C)cc2c3c(oc12)C1(CCCCC1)OC3=O. The molecule has 0 bridgehead atoms. The van der Waals surface area contributed by atoms with E-state index in [1.54, 1.807) is 7.11 Å². The molecule has 2 aliphatic rings. The molecule has 0 saturated heterocycles. The maximum Gasteiger partial charge on any atom is 0.343 e. The van der Waals surface area contributed by atoms with Crippen LogP contribution in [0.5, 0.6) is 11.5 Å². The number of fused-ring (bicyclic) bond motifs is 4. The van der Waals surface area contributed by atoms with Crippen molar-refractivity contribution in [1.82, 2.24) is 0 Å². The molecule has 0 radical (unpaired) electrons. The molecule has 28 heavy (non-hydrogen) atoms. The van der Waals surface area contributed by atoms with Gasteiger partial charge in [-0.15, -0.1) is 0 Å². The normalized spacial score (nSPS) is 19.0. The van der Waals surface area contributed by atoms with Gasteiger partial charge in [-0.05, 0) is 49.9 Å². The highest BCUT2D eigenvalue weighted by Crippen LogP contribution is 2.52. The first-order chi connectivity index (χ1) is 13.1. The Bertz CT molecular complexity index is 929. The molecule has 1 spiro atoms. The number of hydrogen-bond donors (Lipinski definition) is 0. The van der Waals surface area contributed by atoms with Crippen molar-refractivity contribution in [3.05, 3.63) is 23.5 Å². The van der Waals surface area contributed by atoms with Gasteiger partial charge in [0, 0.05) is 11.5 Å². The number of methoxy groups -OCH3 is 1. The van der Waals surface area contributed by atoms with Gasteiger partial charge >= 0.3 is 5.97 Å². The minimum Gasteiger partial charge on any atom is -0.543 e. The smallest absolute Gasteiger partial charge is 0.343 e. The van der Waals surface area contributed by atoms with Crippen molar-refractivity contribution in [3.63, 3.8) is 0 Å². The topological polar surface area (TPSA) is 57.9 Å². The molecule has 1 aromatic carbocycles. The van der Waals surface area contributed by atoms with Crippen LogP contribution >= 0.6 is 0 Å². The first-order valence-electron chi connectivity index (χ1n) is 10.2. The molecular formula is C22H30O5Si. The molecular weight excluding hydrogens is 372 g/mol. The summed E-state index contributed by atoms with van der Waals surface area (Å²) in [6, 6.07) is 3.80. The molecule has 1 aliphatic carbocycles. The van der Waals surface area contributed by atoms with Crippen LogP contribution in [0.25, 0.3) is 11.0 Å². The Labute approximate surface area is 167 Å². The van der Waals surface area contributed by atoms with Crippen molar-refractivity contribution in [3.8, 4) is 11.5 Å². The predicted octanol–water partition coefficient (Wildman–Crippen LogP) is 6.16. The average Bonchev–Trinajstić information content (AvgIpc) is 3.11. The number of benzene rings is 1. The van der Waals surface area contributed by atoms with E-state index in [-0.39, 0.29) is 11.0 Å². The average molecular weight is 403 g/mol. The zero-order chi connectivity index (χ0) is 20.3. The third kappa shape index (κ3) is 2.84. The second-order valence-electron chi connectivity index (χ2n) is 9.62. The molecule has 152 valence electrons. The van der Waals surface area contributed by atoms with E-state index in [4.69, 9.17) is 18.3 Å². The lowest BCUT2D eigenvalue weighted by Gasteiger charge is -2.36. The van der Waals surface area contributed by atoms with Crippen LogP contribution in [0, 0.1) is 0 Å². The Balaban J connectivity index is 1.85. The van der Waals surface area contributed by atoms with Gasteiger partial charge in [-0.3, -0.25) is 0 Å². The molecule has 5 nitrogen and oxygen atoms in total. The van der Waals surface area contributed by atoms with Gasteiger partial charge in [0.2, 0.25) is 8.32 Å². The van der Waals surface area contributed by atoms with Crippen LogP contribution in [0.3, 0.4) is 0 Å². The molecule has 0 N–H and O–H groups in total. The van der Waals surface area contributed by atoms with Crippen molar-refractivity contribution < 1.29 is 23.1 Å². The molecule has 6 heteroatoms. The molecule has 1 aliphatic heterocycles. The summed E-state index contributed by atoms with van der Waals surface area (Å²) in [4.78, 5) is 12.8. The summed E-state index contributed by atoms with van der Waals surface area (Å²) in [6.45, 7) is 11.0. The van der Waals surface area contributed by atoms with Crippen LogP contribution in [0.2, 0.25) is 18.1 Å². The van der Waals surface area contributed by atoms with Gasteiger partial charge in [-0.1, -0.05) is 27.2 Å². The first-order valence-corrected chi connectivity index (χ1v) is 13.1. The quantitative estimate of drug-likeness (QED) is 0.455. The number of rotatable bonds is 3. The lowest BCUT2D eigenvalue weighted by Crippen LogP contribution is -2.43. The highest BCUT2D eigenvalue weighted by atomic mass is 28.4. The van der Waals surface area contributed by atoms with E-state index >= 15 is 0 Å². The Morgan fingerprint density at radius 3 is 2.39 bits per heavy atom. The lowest BCUT2D eigenvalue weighted by atomic mass is 9.83. The standard InChI is InChI=1S/C22H30O5Si/c1-21(2,3)28(5,6)27-14-12-15-17-19(25-18(15)16(13-14)24-4)22(26-20(17)23)10-8-7-9-11-22/h12-13H,7-11H2,1-6H3. The van der Waals surface area contributed by atoms with Crippen LogP contribution in [0.15, 0.2) is 16.5 Å². The van der Waals surface area contributed by atoms with E-state index < -0.39 is 13.9 Å². The summed E-state index contributed by atoms with van der Waals surface area (Å²) in [5.41, 5.74) is 0.558.